The summed E-state index contributed by atoms with van der Waals surface area (Å²) in [4.78, 5) is 20.8. The monoisotopic (exact) mass is 437 g/mol. The average molecular weight is 437 g/mol. The van der Waals surface area contributed by atoms with E-state index in [4.69, 9.17) is 15.2 Å². The van der Waals surface area contributed by atoms with Crippen LogP contribution in [0.15, 0.2) is 57.5 Å². The van der Waals surface area contributed by atoms with Gasteiger partial charge in [0.15, 0.2) is 18.1 Å². The summed E-state index contributed by atoms with van der Waals surface area (Å²) in [5.74, 6) is -0.166. The van der Waals surface area contributed by atoms with Crippen molar-refractivity contribution in [3.63, 3.8) is 0 Å². The van der Waals surface area contributed by atoms with Crippen molar-refractivity contribution < 1.29 is 37.1 Å². The molecule has 3 heterocycles. The molecule has 2 N–H and O–H groups in total. The molecule has 0 aromatic rings. The van der Waals surface area contributed by atoms with Crippen molar-refractivity contribution in [3.8, 4) is 0 Å². The number of nitrogens with two attached hydrogens (primary N) is 1. The predicted molar refractivity (Wildman–Crippen MR) is 101 cm³/mol. The molecule has 31 heavy (non-hydrogen) atoms. The Morgan fingerprint density at radius 1 is 1.45 bits per heavy atom. The molecule has 4 rings (SSSR count). The molecule has 0 unspecified atom stereocenters. The molecule has 1 saturated heterocycles. The number of carbonyl (C=O) groups is 1. The first-order valence-electron chi connectivity index (χ1n) is 9.35. The van der Waals surface area contributed by atoms with Gasteiger partial charge in [-0.05, 0) is 17.1 Å². The third-order valence-electron chi connectivity index (χ3n) is 4.95. The number of carbonyl (C=O) groups excluding carboxylic acids is 1. The molecule has 0 radical (unpaired) electrons. The van der Waals surface area contributed by atoms with E-state index >= 15 is 0 Å². The Morgan fingerprint density at radius 3 is 2.94 bits per heavy atom. The number of amidine groups is 1. The Morgan fingerprint density at radius 2 is 2.26 bits per heavy atom. The minimum atomic E-state index is -2.74. The van der Waals surface area contributed by atoms with Gasteiger partial charge in [0, 0.05) is 6.08 Å². The number of rotatable bonds is 4. The van der Waals surface area contributed by atoms with Gasteiger partial charge in [-0.2, -0.15) is 0 Å². The van der Waals surface area contributed by atoms with Crippen LogP contribution in [-0.2, 0) is 14.3 Å². The van der Waals surface area contributed by atoms with Crippen molar-refractivity contribution in [1.29, 1.82) is 0 Å². The van der Waals surface area contributed by atoms with Crippen LogP contribution in [0.3, 0.4) is 0 Å². The van der Waals surface area contributed by atoms with E-state index in [0.29, 0.717) is 35.7 Å². The molecule has 9 nitrogen and oxygen atoms in total. The van der Waals surface area contributed by atoms with Crippen LogP contribution < -0.4 is 10.8 Å². The third kappa shape index (κ3) is 3.80. The van der Waals surface area contributed by atoms with Crippen molar-refractivity contribution in [1.82, 2.24) is 4.90 Å². The molecule has 1 fully saturated rings. The number of fused-ring (bicyclic) bond motifs is 2. The van der Waals surface area contributed by atoms with Crippen molar-refractivity contribution in [3.05, 3.63) is 47.5 Å². The Labute approximate surface area is 174 Å². The topological polar surface area (TPSA) is 116 Å². The standard InChI is InChI=1S/C19H18F3N5O4/c20-6-12(18(23)29)24-10-1-2-11-14(5-10)30-4-3-26-7-15(25-19(11)26)27-13(17(21)22)9-31-16(27)8-28/h1-2,5,7-8,12-13,17H,3-4,6,9H2,(H2-,23,28,29)/t12-,13-/m0/s1. The summed E-state index contributed by atoms with van der Waals surface area (Å²) in [5.41, 5.74) is 5.96. The second kappa shape index (κ2) is 8.28. The smallest absolute Gasteiger partial charge is 0.337 e. The SMILES string of the molecule is NC(=O)[C@H](CF)N=C1C=CC2=C3N=C(N4C(=C[O-])OC[C@H]4C(F)F)C=[N+]3CCOC2=C1. The maximum atomic E-state index is 13.4. The lowest BCUT2D eigenvalue weighted by Crippen LogP contribution is -2.41. The second-order valence-corrected chi connectivity index (χ2v) is 6.89. The van der Waals surface area contributed by atoms with Crippen molar-refractivity contribution in [2.45, 2.75) is 18.5 Å². The van der Waals surface area contributed by atoms with Gasteiger partial charge in [0.05, 0.1) is 5.71 Å². The fourth-order valence-electron chi connectivity index (χ4n) is 3.44. The maximum absolute atomic E-state index is 13.4. The molecular weight excluding hydrogens is 419 g/mol. The fourth-order valence-corrected chi connectivity index (χ4v) is 3.44. The molecule has 0 aromatic carbocycles. The Kier molecular flexibility index (Phi) is 5.53. The Hall–Kier alpha value is -3.57. The van der Waals surface area contributed by atoms with Gasteiger partial charge in [-0.3, -0.25) is 14.7 Å². The summed E-state index contributed by atoms with van der Waals surface area (Å²) in [5, 5.41) is 11.3. The second-order valence-electron chi connectivity index (χ2n) is 6.89. The predicted octanol–water partition coefficient (Wildman–Crippen LogP) is -0.433. The number of aliphatic imine (C=N–C) groups is 2. The van der Waals surface area contributed by atoms with E-state index in [1.165, 1.54) is 6.08 Å². The molecule has 1 amide bonds. The normalized spacial score (nSPS) is 26.1. The highest BCUT2D eigenvalue weighted by Crippen LogP contribution is 2.31. The Bertz CT molecular complexity index is 1010. The summed E-state index contributed by atoms with van der Waals surface area (Å²) in [6.45, 7) is -0.753. The molecular formula is C19H18F3N5O4. The molecule has 4 aliphatic rings. The number of alkyl halides is 3. The van der Waals surface area contributed by atoms with Crippen LogP contribution >= 0.6 is 0 Å². The number of primary amides is 1. The zero-order chi connectivity index (χ0) is 22.1. The number of halogens is 3. The van der Waals surface area contributed by atoms with E-state index in [9.17, 15) is 23.1 Å². The van der Waals surface area contributed by atoms with Gasteiger partial charge in [0.2, 0.25) is 5.91 Å². The molecule has 0 aromatic heterocycles. The lowest BCUT2D eigenvalue weighted by atomic mass is 10.1. The Balaban J connectivity index is 1.71. The van der Waals surface area contributed by atoms with Gasteiger partial charge in [-0.15, -0.1) is 0 Å². The van der Waals surface area contributed by atoms with Crippen LogP contribution in [0.25, 0.3) is 0 Å². The summed E-state index contributed by atoms with van der Waals surface area (Å²) in [6.07, 6.45) is 3.86. The quantitative estimate of drug-likeness (QED) is 0.473. The van der Waals surface area contributed by atoms with Crippen LogP contribution in [0.2, 0.25) is 0 Å². The van der Waals surface area contributed by atoms with Crippen molar-refractivity contribution in [2.75, 3.05) is 26.4 Å². The van der Waals surface area contributed by atoms with E-state index < -0.39 is 31.1 Å². The molecule has 164 valence electrons. The van der Waals surface area contributed by atoms with Gasteiger partial charge in [-0.1, -0.05) is 6.26 Å². The number of allylic oxidation sites excluding steroid dienone is 3. The molecule has 0 bridgehead atoms. The maximum Gasteiger partial charge on any atom is 0.337 e. The van der Waals surface area contributed by atoms with Crippen molar-refractivity contribution in [2.24, 2.45) is 15.7 Å². The van der Waals surface area contributed by atoms with E-state index in [2.05, 4.69) is 9.98 Å². The van der Waals surface area contributed by atoms with Gasteiger partial charge in [-0.25, -0.2) is 17.7 Å². The average Bonchev–Trinajstić information content (AvgIpc) is 3.32. The molecule has 2 atom stereocenters. The van der Waals surface area contributed by atoms with E-state index in [-0.39, 0.29) is 24.9 Å². The minimum Gasteiger partial charge on any atom is -0.874 e. The highest BCUT2D eigenvalue weighted by Gasteiger charge is 2.44. The first kappa shape index (κ1) is 20.7. The summed E-state index contributed by atoms with van der Waals surface area (Å²) >= 11 is 0. The zero-order valence-electron chi connectivity index (χ0n) is 16.1. The molecule has 0 spiro atoms. The lowest BCUT2D eigenvalue weighted by molar-refractivity contribution is -0.470. The highest BCUT2D eigenvalue weighted by atomic mass is 19.3. The number of hydrogen-bond donors (Lipinski definition) is 1. The molecule has 1 aliphatic carbocycles. The van der Waals surface area contributed by atoms with Gasteiger partial charge in [0.25, 0.3) is 12.3 Å². The number of ether oxygens (including phenoxy) is 2. The molecule has 0 saturated carbocycles. The highest BCUT2D eigenvalue weighted by molar-refractivity contribution is 6.29. The van der Waals surface area contributed by atoms with Crippen LogP contribution in [0.5, 0.6) is 0 Å². The molecule has 3 aliphatic heterocycles. The minimum absolute atomic E-state index is 0.146. The van der Waals surface area contributed by atoms with Crippen LogP contribution in [0.1, 0.15) is 0 Å². The van der Waals surface area contributed by atoms with Crippen LogP contribution in [-0.4, -0.2) is 78.1 Å². The molecule has 12 heteroatoms. The lowest BCUT2D eigenvalue weighted by Gasteiger charge is -2.19. The number of amides is 1. The van der Waals surface area contributed by atoms with Crippen LogP contribution in [0.4, 0.5) is 13.2 Å². The number of nitrogens with zero attached hydrogens (tertiary/aromatic N) is 4. The first-order valence-corrected chi connectivity index (χ1v) is 9.35. The van der Waals surface area contributed by atoms with Gasteiger partial charge >= 0.3 is 5.82 Å². The van der Waals surface area contributed by atoms with E-state index in [1.54, 1.807) is 22.9 Å². The summed E-state index contributed by atoms with van der Waals surface area (Å²) in [7, 11) is 0. The fraction of sp³-hybridized carbons (Fsp3) is 0.368. The van der Waals surface area contributed by atoms with Gasteiger partial charge < -0.3 is 20.3 Å². The zero-order valence-corrected chi connectivity index (χ0v) is 16.1. The number of hydrogen-bond acceptors (Lipinski definition) is 7. The summed E-state index contributed by atoms with van der Waals surface area (Å²) in [6, 6.07) is -2.64. The third-order valence-corrected chi connectivity index (χ3v) is 4.95. The van der Waals surface area contributed by atoms with E-state index in [0.717, 1.165) is 4.90 Å². The largest absolute Gasteiger partial charge is 0.874 e. The summed E-state index contributed by atoms with van der Waals surface area (Å²) < 4.78 is 52.4. The van der Waals surface area contributed by atoms with E-state index in [1.807, 2.05) is 0 Å². The first-order chi connectivity index (χ1) is 14.9. The van der Waals surface area contributed by atoms with Crippen molar-refractivity contribution >= 4 is 23.7 Å². The van der Waals surface area contributed by atoms with Gasteiger partial charge in [0.1, 0.15) is 43.8 Å². The van der Waals surface area contributed by atoms with Crippen LogP contribution in [0, 0.1) is 0 Å².